The molecule has 0 aliphatic carbocycles. The molecular weight excluding hydrogens is 280 g/mol. The fourth-order valence-corrected chi connectivity index (χ4v) is 3.10. The van der Waals surface area contributed by atoms with Gasteiger partial charge in [-0.15, -0.1) is 11.3 Å². The van der Waals surface area contributed by atoms with Crippen LogP contribution in [0.1, 0.15) is 6.92 Å². The molecule has 0 spiro atoms. The van der Waals surface area contributed by atoms with E-state index in [1.54, 1.807) is 11.3 Å². The summed E-state index contributed by atoms with van der Waals surface area (Å²) in [6, 6.07) is 7.99. The Kier molecular flexibility index (Phi) is 3.36. The predicted molar refractivity (Wildman–Crippen MR) is 79.0 cm³/mol. The molecule has 2 heterocycles. The Morgan fingerprint density at radius 3 is 2.74 bits per heavy atom. The van der Waals surface area contributed by atoms with Gasteiger partial charge in [-0.1, -0.05) is 23.7 Å². The number of thiophene rings is 1. The van der Waals surface area contributed by atoms with E-state index in [1.807, 2.05) is 31.2 Å². The fourth-order valence-electron chi connectivity index (χ4n) is 1.92. The van der Waals surface area contributed by atoms with Crippen LogP contribution < -0.4 is 4.74 Å². The topological polar surface area (TPSA) is 35.0 Å². The van der Waals surface area contributed by atoms with Gasteiger partial charge in [0.2, 0.25) is 0 Å². The molecular formula is C14H11ClN2OS. The van der Waals surface area contributed by atoms with Gasteiger partial charge < -0.3 is 4.74 Å². The Morgan fingerprint density at radius 2 is 2.00 bits per heavy atom. The minimum atomic E-state index is 0.507. The molecule has 3 rings (SSSR count). The lowest BCUT2D eigenvalue weighted by atomic mass is 10.1. The second kappa shape index (κ2) is 5.15. The first-order valence-corrected chi connectivity index (χ1v) is 7.16. The Labute approximate surface area is 119 Å². The number of aromatic nitrogens is 2. The number of ether oxygens (including phenoxy) is 1. The van der Waals surface area contributed by atoms with Crippen molar-refractivity contribution in [3.05, 3.63) is 41.1 Å². The maximum atomic E-state index is 6.06. The monoisotopic (exact) mass is 290 g/mol. The molecule has 0 radical (unpaired) electrons. The normalized spacial score (nSPS) is 10.8. The zero-order valence-corrected chi connectivity index (χ0v) is 11.8. The maximum absolute atomic E-state index is 6.06. The van der Waals surface area contributed by atoms with Crippen molar-refractivity contribution in [3.8, 4) is 16.9 Å². The van der Waals surface area contributed by atoms with Crippen LogP contribution in [-0.4, -0.2) is 16.6 Å². The van der Waals surface area contributed by atoms with Crippen LogP contribution in [0, 0.1) is 0 Å². The minimum Gasteiger partial charge on any atom is -0.494 e. The van der Waals surface area contributed by atoms with Crippen molar-refractivity contribution < 1.29 is 4.74 Å². The molecule has 0 bridgehead atoms. The third-order valence-corrected chi connectivity index (χ3v) is 4.16. The molecule has 0 aliphatic rings. The Morgan fingerprint density at radius 1 is 1.21 bits per heavy atom. The summed E-state index contributed by atoms with van der Waals surface area (Å²) in [4.78, 5) is 8.32. The van der Waals surface area contributed by atoms with Crippen LogP contribution in [0.15, 0.2) is 36.0 Å². The highest BCUT2D eigenvalue weighted by atomic mass is 35.5. The molecule has 0 saturated heterocycles. The van der Waals surface area contributed by atoms with Gasteiger partial charge in [0.05, 0.1) is 16.8 Å². The summed E-state index contributed by atoms with van der Waals surface area (Å²) in [5.41, 5.74) is 3.07. The van der Waals surface area contributed by atoms with Crippen LogP contribution in [0.3, 0.4) is 0 Å². The van der Waals surface area contributed by atoms with Gasteiger partial charge in [0, 0.05) is 10.9 Å². The summed E-state index contributed by atoms with van der Waals surface area (Å²) in [5.74, 6) is 0.874. The SMILES string of the molecule is CCOc1ccc(-c2csc3c(Cl)ncnc23)cc1. The molecule has 0 N–H and O–H groups in total. The first-order chi connectivity index (χ1) is 9.29. The number of hydrogen-bond acceptors (Lipinski definition) is 4. The second-order valence-corrected chi connectivity index (χ2v) is 5.19. The summed E-state index contributed by atoms with van der Waals surface area (Å²) < 4.78 is 6.36. The Bertz CT molecular complexity index is 709. The number of nitrogens with zero attached hydrogens (tertiary/aromatic N) is 2. The van der Waals surface area contributed by atoms with E-state index in [4.69, 9.17) is 16.3 Å². The Hall–Kier alpha value is -1.65. The summed E-state index contributed by atoms with van der Waals surface area (Å²) in [6.07, 6.45) is 1.50. The van der Waals surface area contributed by atoms with Crippen molar-refractivity contribution in [2.24, 2.45) is 0 Å². The molecule has 5 heteroatoms. The zero-order chi connectivity index (χ0) is 13.2. The molecule has 19 heavy (non-hydrogen) atoms. The van der Waals surface area contributed by atoms with Crippen molar-refractivity contribution >= 4 is 33.2 Å². The van der Waals surface area contributed by atoms with E-state index >= 15 is 0 Å². The molecule has 3 aromatic rings. The molecule has 0 atom stereocenters. The summed E-state index contributed by atoms with van der Waals surface area (Å²) >= 11 is 7.63. The average molecular weight is 291 g/mol. The van der Waals surface area contributed by atoms with Crippen molar-refractivity contribution in [3.63, 3.8) is 0 Å². The Balaban J connectivity index is 2.06. The van der Waals surface area contributed by atoms with Gasteiger partial charge in [0.25, 0.3) is 0 Å². The van der Waals surface area contributed by atoms with Crippen LogP contribution in [0.2, 0.25) is 5.15 Å². The molecule has 1 aromatic carbocycles. The van der Waals surface area contributed by atoms with Crippen LogP contribution in [-0.2, 0) is 0 Å². The molecule has 0 fully saturated rings. The minimum absolute atomic E-state index is 0.507. The van der Waals surface area contributed by atoms with Crippen molar-refractivity contribution in [1.29, 1.82) is 0 Å². The van der Waals surface area contributed by atoms with Gasteiger partial charge in [-0.2, -0.15) is 0 Å². The van der Waals surface area contributed by atoms with E-state index in [1.165, 1.54) is 6.33 Å². The first kappa shape index (κ1) is 12.4. The van der Waals surface area contributed by atoms with Crippen molar-refractivity contribution in [1.82, 2.24) is 9.97 Å². The summed E-state index contributed by atoms with van der Waals surface area (Å²) in [6.45, 7) is 2.64. The standard InChI is InChI=1S/C14H11ClN2OS/c1-2-18-10-5-3-9(4-6-10)11-7-19-13-12(11)16-8-17-14(13)15/h3-8H,2H2,1H3. The second-order valence-electron chi connectivity index (χ2n) is 3.95. The van der Waals surface area contributed by atoms with E-state index in [0.717, 1.165) is 27.1 Å². The van der Waals surface area contributed by atoms with Gasteiger partial charge in [-0.25, -0.2) is 9.97 Å². The predicted octanol–water partition coefficient (Wildman–Crippen LogP) is 4.41. The van der Waals surface area contributed by atoms with E-state index in [-0.39, 0.29) is 0 Å². The largest absolute Gasteiger partial charge is 0.494 e. The van der Waals surface area contributed by atoms with Crippen molar-refractivity contribution in [2.45, 2.75) is 6.92 Å². The van der Waals surface area contributed by atoms with Gasteiger partial charge in [0.1, 0.15) is 17.2 Å². The fraction of sp³-hybridized carbons (Fsp3) is 0.143. The van der Waals surface area contributed by atoms with E-state index in [0.29, 0.717) is 11.8 Å². The average Bonchev–Trinajstić information content (AvgIpc) is 2.85. The number of rotatable bonds is 3. The lowest BCUT2D eigenvalue weighted by molar-refractivity contribution is 0.340. The van der Waals surface area contributed by atoms with E-state index < -0.39 is 0 Å². The van der Waals surface area contributed by atoms with Gasteiger partial charge in [-0.05, 0) is 24.6 Å². The molecule has 0 saturated carbocycles. The smallest absolute Gasteiger partial charge is 0.150 e. The van der Waals surface area contributed by atoms with Crippen LogP contribution >= 0.6 is 22.9 Å². The van der Waals surface area contributed by atoms with Gasteiger partial charge in [-0.3, -0.25) is 0 Å². The lowest BCUT2D eigenvalue weighted by Crippen LogP contribution is -1.90. The third kappa shape index (κ3) is 2.29. The summed E-state index contributed by atoms with van der Waals surface area (Å²) in [7, 11) is 0. The molecule has 0 aliphatic heterocycles. The highest BCUT2D eigenvalue weighted by Gasteiger charge is 2.10. The number of benzene rings is 1. The number of hydrogen-bond donors (Lipinski definition) is 0. The van der Waals surface area contributed by atoms with Crippen LogP contribution in [0.5, 0.6) is 5.75 Å². The molecule has 3 nitrogen and oxygen atoms in total. The molecule has 0 amide bonds. The summed E-state index contributed by atoms with van der Waals surface area (Å²) in [5, 5.41) is 2.56. The number of halogens is 1. The molecule has 0 unspecified atom stereocenters. The highest BCUT2D eigenvalue weighted by Crippen LogP contribution is 2.35. The third-order valence-electron chi connectivity index (χ3n) is 2.79. The van der Waals surface area contributed by atoms with E-state index in [9.17, 15) is 0 Å². The first-order valence-electron chi connectivity index (χ1n) is 5.90. The van der Waals surface area contributed by atoms with Crippen LogP contribution in [0.4, 0.5) is 0 Å². The maximum Gasteiger partial charge on any atom is 0.150 e. The van der Waals surface area contributed by atoms with Crippen molar-refractivity contribution in [2.75, 3.05) is 6.61 Å². The highest BCUT2D eigenvalue weighted by molar-refractivity contribution is 7.18. The molecule has 2 aromatic heterocycles. The van der Waals surface area contributed by atoms with Gasteiger partial charge >= 0.3 is 0 Å². The number of fused-ring (bicyclic) bond motifs is 1. The van der Waals surface area contributed by atoms with Gasteiger partial charge in [0.15, 0.2) is 0 Å². The lowest BCUT2D eigenvalue weighted by Gasteiger charge is -2.04. The zero-order valence-electron chi connectivity index (χ0n) is 10.3. The van der Waals surface area contributed by atoms with E-state index in [2.05, 4.69) is 15.3 Å². The quantitative estimate of drug-likeness (QED) is 0.670. The van der Waals surface area contributed by atoms with Crippen LogP contribution in [0.25, 0.3) is 21.3 Å². The molecule has 96 valence electrons.